The van der Waals surface area contributed by atoms with Crippen molar-refractivity contribution in [3.63, 3.8) is 0 Å². The van der Waals surface area contributed by atoms with Crippen LogP contribution in [0.5, 0.6) is 0 Å². The molecule has 1 aromatic heterocycles. The summed E-state index contributed by atoms with van der Waals surface area (Å²) in [6.07, 6.45) is 6.06. The van der Waals surface area contributed by atoms with Crippen LogP contribution in [-0.2, 0) is 0 Å². The van der Waals surface area contributed by atoms with E-state index in [1.807, 2.05) is 41.3 Å². The van der Waals surface area contributed by atoms with E-state index in [4.69, 9.17) is 0 Å². The first kappa shape index (κ1) is 22.6. The number of aromatic nitrogens is 1. The van der Waals surface area contributed by atoms with E-state index in [9.17, 15) is 14.9 Å². The maximum Gasteiger partial charge on any atom is 0.311 e. The quantitative estimate of drug-likeness (QED) is 0.255. The van der Waals surface area contributed by atoms with Crippen LogP contribution in [0.25, 0.3) is 0 Å². The van der Waals surface area contributed by atoms with E-state index >= 15 is 0 Å². The molecule has 1 fully saturated rings. The average Bonchev–Trinajstić information content (AvgIpc) is 2.87. The van der Waals surface area contributed by atoms with E-state index in [-0.39, 0.29) is 17.3 Å². The van der Waals surface area contributed by atoms with E-state index in [0.717, 1.165) is 26.1 Å². The fraction of sp³-hybridized carbons (Fsp3) is 0.308. The molecule has 2 aromatic carbocycles. The fourth-order valence-electron chi connectivity index (χ4n) is 4.36. The number of nitrogens with zero attached hydrogens (tertiary/aromatic N) is 4. The van der Waals surface area contributed by atoms with Gasteiger partial charge in [-0.3, -0.25) is 14.9 Å². The summed E-state index contributed by atoms with van der Waals surface area (Å²) in [4.78, 5) is 33.4. The Hall–Kier alpha value is -3.58. The normalized spacial score (nSPS) is 14.1. The van der Waals surface area contributed by atoms with Gasteiger partial charge < -0.3 is 9.80 Å². The number of benzene rings is 2. The molecule has 170 valence electrons. The zero-order valence-electron chi connectivity index (χ0n) is 18.6. The highest BCUT2D eigenvalue weighted by molar-refractivity contribution is 6.12. The Morgan fingerprint density at radius 3 is 2.45 bits per heavy atom. The Balaban J connectivity index is 1.69. The zero-order valence-corrected chi connectivity index (χ0v) is 18.6. The minimum atomic E-state index is -0.415. The van der Waals surface area contributed by atoms with Gasteiger partial charge in [-0.25, -0.2) is 4.98 Å². The van der Waals surface area contributed by atoms with Gasteiger partial charge >= 0.3 is 5.69 Å². The molecule has 7 heteroatoms. The minimum Gasteiger partial charge on any atom is -0.320 e. The molecule has 7 nitrogen and oxygen atoms in total. The van der Waals surface area contributed by atoms with E-state index in [0.29, 0.717) is 23.4 Å². The Morgan fingerprint density at radius 2 is 1.70 bits per heavy atom. The highest BCUT2D eigenvalue weighted by Gasteiger charge is 2.26. The van der Waals surface area contributed by atoms with Gasteiger partial charge in [-0.15, -0.1) is 0 Å². The molecule has 2 heterocycles. The fourth-order valence-corrected chi connectivity index (χ4v) is 4.36. The summed E-state index contributed by atoms with van der Waals surface area (Å²) in [7, 11) is 0. The van der Waals surface area contributed by atoms with Crippen LogP contribution in [-0.4, -0.2) is 46.8 Å². The zero-order chi connectivity index (χ0) is 23.0. The number of carbonyl (C=O) groups excluding carboxylic acids is 1. The third-order valence-corrected chi connectivity index (χ3v) is 6.00. The molecule has 0 amide bonds. The number of hydrogen-bond acceptors (Lipinski definition) is 6. The van der Waals surface area contributed by atoms with Crippen molar-refractivity contribution in [3.8, 4) is 0 Å². The van der Waals surface area contributed by atoms with Gasteiger partial charge in [0.2, 0.25) is 5.82 Å². The van der Waals surface area contributed by atoms with Gasteiger partial charge in [0, 0.05) is 29.9 Å². The van der Waals surface area contributed by atoms with Gasteiger partial charge in [0.15, 0.2) is 5.78 Å². The molecule has 0 aliphatic carbocycles. The van der Waals surface area contributed by atoms with Gasteiger partial charge in [-0.1, -0.05) is 48.9 Å². The molecule has 1 aliphatic heterocycles. The molecular formula is C26H28N4O3. The minimum absolute atomic E-state index is 0.0718. The summed E-state index contributed by atoms with van der Waals surface area (Å²) >= 11 is 0. The lowest BCUT2D eigenvalue weighted by atomic mass is 10.0. The highest BCUT2D eigenvalue weighted by atomic mass is 16.6. The first-order chi connectivity index (χ1) is 16.1. The SMILES string of the molecule is O=C(c1ccccc1)c1ccccc1N(CCCN1CCCCC1)c1ncccc1[N+](=O)[O-]. The molecule has 0 saturated carbocycles. The molecular weight excluding hydrogens is 416 g/mol. The van der Waals surface area contributed by atoms with E-state index in [1.165, 1.54) is 25.3 Å². The average molecular weight is 445 g/mol. The predicted molar refractivity (Wildman–Crippen MR) is 129 cm³/mol. The van der Waals surface area contributed by atoms with Crippen molar-refractivity contribution in [2.75, 3.05) is 31.1 Å². The Bertz CT molecular complexity index is 1100. The Labute approximate surface area is 193 Å². The molecule has 0 spiro atoms. The predicted octanol–water partition coefficient (Wildman–Crippen LogP) is 5.23. The number of anilines is 2. The molecule has 4 rings (SSSR count). The summed E-state index contributed by atoms with van der Waals surface area (Å²) in [6.45, 7) is 3.61. The number of nitro groups is 1. The smallest absolute Gasteiger partial charge is 0.311 e. The summed E-state index contributed by atoms with van der Waals surface area (Å²) in [5.41, 5.74) is 1.64. The van der Waals surface area contributed by atoms with Crippen molar-refractivity contribution in [2.24, 2.45) is 0 Å². The Morgan fingerprint density at radius 1 is 0.970 bits per heavy atom. The lowest BCUT2D eigenvalue weighted by Gasteiger charge is -2.29. The molecule has 1 aliphatic rings. The molecule has 0 atom stereocenters. The third-order valence-electron chi connectivity index (χ3n) is 6.00. The standard InChI is InChI=1S/C26H28N4O3/c31-25(21-11-3-1-4-12-21)22-13-5-6-14-23(22)29(20-10-19-28-17-7-2-8-18-28)26-24(30(32)33)15-9-16-27-26/h1,3-6,9,11-16H,2,7-8,10,17-20H2. The summed E-state index contributed by atoms with van der Waals surface area (Å²) in [5.74, 6) is 0.139. The second kappa shape index (κ2) is 10.8. The molecule has 0 radical (unpaired) electrons. The van der Waals surface area contributed by atoms with Crippen LogP contribution >= 0.6 is 0 Å². The molecule has 0 bridgehead atoms. The number of pyridine rings is 1. The molecule has 1 saturated heterocycles. The van der Waals surface area contributed by atoms with Crippen LogP contribution in [0.4, 0.5) is 17.2 Å². The number of rotatable bonds is 9. The lowest BCUT2D eigenvalue weighted by Crippen LogP contribution is -2.33. The first-order valence-corrected chi connectivity index (χ1v) is 11.4. The van der Waals surface area contributed by atoms with Crippen molar-refractivity contribution in [1.82, 2.24) is 9.88 Å². The summed E-state index contributed by atoms with van der Waals surface area (Å²) in [6, 6.07) is 19.4. The van der Waals surface area contributed by atoms with Crippen LogP contribution in [0, 0.1) is 10.1 Å². The number of hydrogen-bond donors (Lipinski definition) is 0. The van der Waals surface area contributed by atoms with Crippen molar-refractivity contribution in [3.05, 3.63) is 94.2 Å². The van der Waals surface area contributed by atoms with Crippen molar-refractivity contribution >= 4 is 23.0 Å². The topological polar surface area (TPSA) is 79.6 Å². The summed E-state index contributed by atoms with van der Waals surface area (Å²) < 4.78 is 0. The van der Waals surface area contributed by atoms with Crippen LogP contribution in [0.3, 0.4) is 0 Å². The second-order valence-corrected chi connectivity index (χ2v) is 8.22. The second-order valence-electron chi connectivity index (χ2n) is 8.22. The number of likely N-dealkylation sites (tertiary alicyclic amines) is 1. The third kappa shape index (κ3) is 5.43. The highest BCUT2D eigenvalue weighted by Crippen LogP contribution is 2.34. The van der Waals surface area contributed by atoms with Crippen LogP contribution < -0.4 is 4.90 Å². The van der Waals surface area contributed by atoms with Crippen LogP contribution in [0.15, 0.2) is 72.9 Å². The maximum atomic E-state index is 13.4. The van der Waals surface area contributed by atoms with Crippen LogP contribution in [0.2, 0.25) is 0 Å². The summed E-state index contributed by atoms with van der Waals surface area (Å²) in [5, 5.41) is 11.8. The molecule has 3 aromatic rings. The lowest BCUT2D eigenvalue weighted by molar-refractivity contribution is -0.384. The van der Waals surface area contributed by atoms with Gasteiger partial charge in [0.05, 0.1) is 10.6 Å². The number of carbonyl (C=O) groups is 1. The van der Waals surface area contributed by atoms with E-state index in [1.54, 1.807) is 30.5 Å². The first-order valence-electron chi connectivity index (χ1n) is 11.4. The van der Waals surface area contributed by atoms with Gasteiger partial charge in [0.25, 0.3) is 0 Å². The van der Waals surface area contributed by atoms with E-state index < -0.39 is 4.92 Å². The molecule has 33 heavy (non-hydrogen) atoms. The van der Waals surface area contributed by atoms with Crippen molar-refractivity contribution in [2.45, 2.75) is 25.7 Å². The van der Waals surface area contributed by atoms with Crippen LogP contribution in [0.1, 0.15) is 41.6 Å². The van der Waals surface area contributed by atoms with Gasteiger partial charge in [-0.2, -0.15) is 0 Å². The van der Waals surface area contributed by atoms with Gasteiger partial charge in [-0.05, 0) is 57.1 Å². The monoisotopic (exact) mass is 444 g/mol. The van der Waals surface area contributed by atoms with Crippen molar-refractivity contribution < 1.29 is 9.72 Å². The van der Waals surface area contributed by atoms with Crippen molar-refractivity contribution in [1.29, 1.82) is 0 Å². The Kier molecular flexibility index (Phi) is 7.42. The number of piperidine rings is 1. The van der Waals surface area contributed by atoms with E-state index in [2.05, 4.69) is 9.88 Å². The van der Waals surface area contributed by atoms with Gasteiger partial charge in [0.1, 0.15) is 0 Å². The number of para-hydroxylation sites is 1. The molecule has 0 N–H and O–H groups in total. The largest absolute Gasteiger partial charge is 0.320 e. The maximum absolute atomic E-state index is 13.4. The molecule has 0 unspecified atom stereocenters. The number of ketones is 1.